The standard InChI is InChI=1S/C22H30/c1-21-17-13-9-5-3-7-11-15-19-22(2)20-16-12-8-4-6-10-14-18-21/h5-7,9-11,13-15,17-21H,3-4,8,12,16H2,1-2H3. The zero-order chi connectivity index (χ0) is 15.9. The van der Waals surface area contributed by atoms with Gasteiger partial charge >= 0.3 is 0 Å². The molecular weight excluding hydrogens is 264 g/mol. The largest absolute Gasteiger partial charge is 0.0845 e. The van der Waals surface area contributed by atoms with Crippen LogP contribution >= 0.6 is 0 Å². The average molecular weight is 294 g/mol. The molecule has 1 atom stereocenters. The third-order valence-electron chi connectivity index (χ3n) is 3.49. The van der Waals surface area contributed by atoms with Gasteiger partial charge in [-0.1, -0.05) is 91.5 Å². The summed E-state index contributed by atoms with van der Waals surface area (Å²) in [5, 5.41) is 0. The summed E-state index contributed by atoms with van der Waals surface area (Å²) in [4.78, 5) is 0. The molecule has 22 heavy (non-hydrogen) atoms. The lowest BCUT2D eigenvalue weighted by atomic mass is 10.1. The van der Waals surface area contributed by atoms with Gasteiger partial charge in [-0.25, -0.2) is 0 Å². The zero-order valence-corrected chi connectivity index (χ0v) is 14.1. The fourth-order valence-corrected chi connectivity index (χ4v) is 2.12. The molecule has 0 fully saturated rings. The van der Waals surface area contributed by atoms with Gasteiger partial charge in [0.2, 0.25) is 0 Å². The van der Waals surface area contributed by atoms with Crippen molar-refractivity contribution >= 4 is 0 Å². The summed E-state index contributed by atoms with van der Waals surface area (Å²) in [6, 6.07) is 0. The van der Waals surface area contributed by atoms with Crippen LogP contribution in [0.25, 0.3) is 0 Å². The topological polar surface area (TPSA) is 0 Å². The molecule has 0 spiro atoms. The Labute approximate surface area is 137 Å². The predicted octanol–water partition coefficient (Wildman–Crippen LogP) is 6.87. The summed E-state index contributed by atoms with van der Waals surface area (Å²) in [5.74, 6) is 0.478. The van der Waals surface area contributed by atoms with Gasteiger partial charge in [0.05, 0.1) is 0 Å². The first-order valence-electron chi connectivity index (χ1n) is 8.45. The van der Waals surface area contributed by atoms with Crippen LogP contribution < -0.4 is 0 Å². The van der Waals surface area contributed by atoms with E-state index in [1.165, 1.54) is 31.3 Å². The molecule has 1 unspecified atom stereocenters. The molecule has 0 radical (unpaired) electrons. The van der Waals surface area contributed by atoms with Crippen molar-refractivity contribution in [3.8, 4) is 0 Å². The van der Waals surface area contributed by atoms with E-state index in [9.17, 15) is 0 Å². The van der Waals surface area contributed by atoms with E-state index < -0.39 is 0 Å². The molecular formula is C22H30. The molecule has 1 aliphatic rings. The van der Waals surface area contributed by atoms with E-state index in [1.807, 2.05) is 0 Å². The van der Waals surface area contributed by atoms with Gasteiger partial charge in [-0.15, -0.1) is 0 Å². The Kier molecular flexibility index (Phi) is 10.7. The van der Waals surface area contributed by atoms with Crippen LogP contribution in [0.3, 0.4) is 0 Å². The number of allylic oxidation sites excluding steroid dienone is 14. The summed E-state index contributed by atoms with van der Waals surface area (Å²) < 4.78 is 0. The SMILES string of the molecule is CC1=CCCCCC=CC=CC(C)C=CC=CCC=CC=C1. The van der Waals surface area contributed by atoms with E-state index in [4.69, 9.17) is 0 Å². The number of rotatable bonds is 0. The van der Waals surface area contributed by atoms with E-state index in [2.05, 4.69) is 92.8 Å². The Hall–Kier alpha value is -1.82. The Balaban J connectivity index is 2.60. The molecule has 0 aliphatic heterocycles. The molecule has 0 saturated carbocycles. The van der Waals surface area contributed by atoms with Gasteiger partial charge in [0, 0.05) is 0 Å². The minimum atomic E-state index is 0.478. The van der Waals surface area contributed by atoms with Crippen molar-refractivity contribution in [3.05, 3.63) is 84.6 Å². The van der Waals surface area contributed by atoms with Gasteiger partial charge in [-0.2, -0.15) is 0 Å². The minimum absolute atomic E-state index is 0.478. The second-order valence-corrected chi connectivity index (χ2v) is 5.74. The first-order chi connectivity index (χ1) is 10.8. The molecule has 0 amide bonds. The zero-order valence-electron chi connectivity index (χ0n) is 14.1. The summed E-state index contributed by atoms with van der Waals surface area (Å²) >= 11 is 0. The van der Waals surface area contributed by atoms with Gasteiger partial charge in [0.25, 0.3) is 0 Å². The van der Waals surface area contributed by atoms with Crippen LogP contribution in [0.5, 0.6) is 0 Å². The van der Waals surface area contributed by atoms with E-state index in [-0.39, 0.29) is 0 Å². The summed E-state index contributed by atoms with van der Waals surface area (Å²) in [7, 11) is 0. The highest BCUT2D eigenvalue weighted by molar-refractivity contribution is 5.20. The fraction of sp³-hybridized carbons (Fsp3) is 0.364. The van der Waals surface area contributed by atoms with Gasteiger partial charge in [-0.3, -0.25) is 0 Å². The highest BCUT2D eigenvalue weighted by Gasteiger charge is 1.87. The van der Waals surface area contributed by atoms with Gasteiger partial charge < -0.3 is 0 Å². The monoisotopic (exact) mass is 294 g/mol. The van der Waals surface area contributed by atoms with Crippen molar-refractivity contribution in [1.29, 1.82) is 0 Å². The second kappa shape index (κ2) is 12.9. The number of hydrogen-bond acceptors (Lipinski definition) is 0. The molecule has 0 saturated heterocycles. The third kappa shape index (κ3) is 10.9. The maximum atomic E-state index is 2.33. The molecule has 0 aromatic heterocycles. The molecule has 0 aromatic rings. The molecule has 0 nitrogen and oxygen atoms in total. The molecule has 0 heteroatoms. The maximum Gasteiger partial charge on any atom is -0.00756 e. The molecule has 1 aliphatic carbocycles. The summed E-state index contributed by atoms with van der Waals surface area (Å²) in [6.07, 6.45) is 34.3. The molecule has 1 rings (SSSR count). The van der Waals surface area contributed by atoms with E-state index >= 15 is 0 Å². The first kappa shape index (κ1) is 18.2. The van der Waals surface area contributed by atoms with Crippen LogP contribution in [0.1, 0.15) is 46.0 Å². The van der Waals surface area contributed by atoms with Crippen molar-refractivity contribution in [3.63, 3.8) is 0 Å². The smallest absolute Gasteiger partial charge is 0.00756 e. The molecule has 0 aromatic carbocycles. The Morgan fingerprint density at radius 1 is 0.773 bits per heavy atom. The van der Waals surface area contributed by atoms with Crippen LogP contribution in [0.2, 0.25) is 0 Å². The summed E-state index contributed by atoms with van der Waals surface area (Å²) in [6.45, 7) is 4.38. The third-order valence-corrected chi connectivity index (χ3v) is 3.49. The molecule has 0 bridgehead atoms. The van der Waals surface area contributed by atoms with E-state index in [0.29, 0.717) is 5.92 Å². The number of hydrogen-bond donors (Lipinski definition) is 0. The molecule has 0 N–H and O–H groups in total. The highest BCUT2D eigenvalue weighted by Crippen LogP contribution is 2.06. The normalized spacial score (nSPS) is 21.7. The lowest BCUT2D eigenvalue weighted by Crippen LogP contribution is -1.80. The molecule has 118 valence electrons. The van der Waals surface area contributed by atoms with Crippen LogP contribution in [0.4, 0.5) is 0 Å². The van der Waals surface area contributed by atoms with Crippen LogP contribution in [0.15, 0.2) is 84.6 Å². The average Bonchev–Trinajstić information content (AvgIpc) is 2.50. The lowest BCUT2D eigenvalue weighted by molar-refractivity contribution is 0.760. The Bertz CT molecular complexity index is 478. The second-order valence-electron chi connectivity index (χ2n) is 5.74. The van der Waals surface area contributed by atoms with Gasteiger partial charge in [0.15, 0.2) is 0 Å². The first-order valence-corrected chi connectivity index (χ1v) is 8.45. The van der Waals surface area contributed by atoms with Crippen molar-refractivity contribution < 1.29 is 0 Å². The van der Waals surface area contributed by atoms with Crippen molar-refractivity contribution in [2.75, 3.05) is 0 Å². The van der Waals surface area contributed by atoms with Crippen LogP contribution in [0, 0.1) is 5.92 Å². The quantitative estimate of drug-likeness (QED) is 0.457. The maximum absolute atomic E-state index is 2.33. The van der Waals surface area contributed by atoms with Crippen LogP contribution in [-0.4, -0.2) is 0 Å². The van der Waals surface area contributed by atoms with Crippen LogP contribution in [-0.2, 0) is 0 Å². The van der Waals surface area contributed by atoms with Crippen molar-refractivity contribution in [2.45, 2.75) is 46.0 Å². The van der Waals surface area contributed by atoms with E-state index in [1.54, 1.807) is 0 Å². The van der Waals surface area contributed by atoms with Crippen molar-refractivity contribution in [1.82, 2.24) is 0 Å². The molecule has 0 heterocycles. The predicted molar refractivity (Wildman–Crippen MR) is 101 cm³/mol. The van der Waals surface area contributed by atoms with E-state index in [0.717, 1.165) is 6.42 Å². The van der Waals surface area contributed by atoms with Gasteiger partial charge in [-0.05, 0) is 44.9 Å². The van der Waals surface area contributed by atoms with Gasteiger partial charge in [0.1, 0.15) is 0 Å². The Morgan fingerprint density at radius 2 is 1.41 bits per heavy atom. The summed E-state index contributed by atoms with van der Waals surface area (Å²) in [5.41, 5.74) is 1.35. The highest BCUT2D eigenvalue weighted by atomic mass is 13.9. The van der Waals surface area contributed by atoms with Crippen molar-refractivity contribution in [2.24, 2.45) is 5.92 Å². The minimum Gasteiger partial charge on any atom is -0.0845 e. The lowest BCUT2D eigenvalue weighted by Gasteiger charge is -1.96. The fourth-order valence-electron chi connectivity index (χ4n) is 2.12. The Morgan fingerprint density at radius 3 is 2.18 bits per heavy atom.